The fourth-order valence-corrected chi connectivity index (χ4v) is 7.75. The first-order valence-corrected chi connectivity index (χ1v) is 24.4. The number of carbonyl (C=O) groups excluding carboxylic acids is 3. The first-order valence-electron chi connectivity index (χ1n) is 23.6. The van der Waals surface area contributed by atoms with Crippen molar-refractivity contribution in [1.29, 1.82) is 0 Å². The van der Waals surface area contributed by atoms with Crippen LogP contribution in [0.4, 0.5) is 16.2 Å². The van der Waals surface area contributed by atoms with Gasteiger partial charge in [0.25, 0.3) is 0 Å². The van der Waals surface area contributed by atoms with Crippen LogP contribution in [0, 0.1) is 6.92 Å². The molecule has 0 bridgehead atoms. The number of rotatable bonds is 15. The van der Waals surface area contributed by atoms with E-state index in [2.05, 4.69) is 53.1 Å². The van der Waals surface area contributed by atoms with Crippen LogP contribution in [0.3, 0.4) is 0 Å². The number of methoxy groups -OCH3 is 2. The molecule has 15 nitrogen and oxygen atoms in total. The number of allylic oxidation sites excluding steroid dienone is 1. The molecule has 3 amide bonds. The number of H-pyrrole nitrogens is 1. The summed E-state index contributed by atoms with van der Waals surface area (Å²) < 4.78 is 28.7. The molecular formula is C54H69BBrN7O8. The van der Waals surface area contributed by atoms with Gasteiger partial charge in [0.05, 0.1) is 42.5 Å². The third kappa shape index (κ3) is 16.4. The summed E-state index contributed by atoms with van der Waals surface area (Å²) in [7, 11) is 2.87. The second kappa shape index (κ2) is 25.2. The minimum Gasteiger partial charge on any atom is -0.496 e. The number of carbonyl (C=O) groups is 3. The second-order valence-electron chi connectivity index (χ2n) is 19.2. The highest BCUT2D eigenvalue weighted by molar-refractivity contribution is 9.10. The van der Waals surface area contributed by atoms with Crippen LogP contribution in [0.1, 0.15) is 90.6 Å². The number of nitrogens with one attached hydrogen (secondary N) is 4. The van der Waals surface area contributed by atoms with Crippen LogP contribution in [0.15, 0.2) is 119 Å². The van der Waals surface area contributed by atoms with Crippen LogP contribution in [0.2, 0.25) is 0 Å². The Hall–Kier alpha value is -6.27. The van der Waals surface area contributed by atoms with E-state index in [-0.39, 0.29) is 30.1 Å². The van der Waals surface area contributed by atoms with E-state index in [0.717, 1.165) is 44.5 Å². The lowest BCUT2D eigenvalue weighted by Crippen LogP contribution is -2.46. The van der Waals surface area contributed by atoms with Crippen LogP contribution in [-0.2, 0) is 36.5 Å². The van der Waals surface area contributed by atoms with Crippen molar-refractivity contribution in [1.82, 2.24) is 15.5 Å². The van der Waals surface area contributed by atoms with Crippen molar-refractivity contribution in [2.75, 3.05) is 31.4 Å². The highest BCUT2D eigenvalue weighted by atomic mass is 79.9. The average molecular weight is 1030 g/mol. The fourth-order valence-electron chi connectivity index (χ4n) is 7.34. The number of hydrogen-bond acceptors (Lipinski definition) is 11. The summed E-state index contributed by atoms with van der Waals surface area (Å²) in [6, 6.07) is 29.4. The summed E-state index contributed by atoms with van der Waals surface area (Å²) >= 11 is 3.39. The molecule has 0 spiro atoms. The van der Waals surface area contributed by atoms with Crippen LogP contribution in [0.5, 0.6) is 11.5 Å². The average Bonchev–Trinajstić information content (AvgIpc) is 4.02. The van der Waals surface area contributed by atoms with E-state index < -0.39 is 23.8 Å². The Morgan fingerprint density at radius 2 is 1.35 bits per heavy atom. The predicted molar refractivity (Wildman–Crippen MR) is 287 cm³/mol. The summed E-state index contributed by atoms with van der Waals surface area (Å²) in [5.74, 6) is 0.784. The lowest BCUT2D eigenvalue weighted by Gasteiger charge is -2.32. The van der Waals surface area contributed by atoms with Gasteiger partial charge in [-0.15, -0.1) is 0 Å². The Kier molecular flexibility index (Phi) is 19.8. The third-order valence-electron chi connectivity index (χ3n) is 12.1. The maximum absolute atomic E-state index is 12.9. The standard InChI is InChI=1S/C22H27BrN2O4.C22H25N3O2.C10H17BN2O2/c1-22(2,3)29-21(27)25-18(13-10-15-8-6-5-7-9-15)20(26)24-16-11-12-17(23)19(14-16)28-4;1-15-18(12-13-24-15)19-10-9-17(14-21(19)27-2)25-22(26)20(23)11-8-16-6-4-3-5-7-16;1-7-8(6-12-13-7)11-14-9(2,3)10(4,5)15-11/h5-9,11-12,14,18H,10,13H2,1-4H3,(H,24,26)(H,25,27);3-7,9-10,12,14,20H,8,11,13,23H2,1-2H3,(H,25,26);6H,1-5H3,(H,12,13)/t18-;20-;/m11./s1. The molecule has 0 radical (unpaired) electrons. The molecule has 3 heterocycles. The predicted octanol–water partition coefficient (Wildman–Crippen LogP) is 9.39. The molecule has 0 saturated carbocycles. The number of hydrogen-bond donors (Lipinski definition) is 5. The summed E-state index contributed by atoms with van der Waals surface area (Å²) in [4.78, 5) is 41.9. The maximum Gasteiger partial charge on any atom is 0.498 e. The minimum absolute atomic E-state index is 0.196. The van der Waals surface area contributed by atoms with Gasteiger partial charge in [-0.25, -0.2) is 4.79 Å². The highest BCUT2D eigenvalue weighted by Gasteiger charge is 2.52. The van der Waals surface area contributed by atoms with Crippen molar-refractivity contribution in [2.45, 2.75) is 117 Å². The number of alkyl carbamates (subject to hydrolysis) is 1. The number of nitrogens with two attached hydrogens (primary N) is 1. The number of halogens is 1. The zero-order valence-electron chi connectivity index (χ0n) is 42.8. The molecule has 7 rings (SSSR count). The van der Waals surface area contributed by atoms with Gasteiger partial charge >= 0.3 is 13.2 Å². The lowest BCUT2D eigenvalue weighted by atomic mass is 9.79. The van der Waals surface area contributed by atoms with Crippen LogP contribution in [0.25, 0.3) is 5.57 Å². The summed E-state index contributed by atoms with van der Waals surface area (Å²) in [6.07, 6.45) is 5.64. The monoisotopic (exact) mass is 1030 g/mol. The Labute approximate surface area is 427 Å². The van der Waals surface area contributed by atoms with Gasteiger partial charge in [-0.1, -0.05) is 66.7 Å². The van der Waals surface area contributed by atoms with Gasteiger partial charge in [-0.2, -0.15) is 5.10 Å². The van der Waals surface area contributed by atoms with Crippen LogP contribution >= 0.6 is 15.9 Å². The number of aromatic nitrogens is 2. The fraction of sp³-hybridized carbons (Fsp3) is 0.389. The molecule has 5 aromatic rings. The lowest BCUT2D eigenvalue weighted by molar-refractivity contribution is -0.118. The van der Waals surface area contributed by atoms with Gasteiger partial charge in [-0.3, -0.25) is 19.7 Å². The molecule has 2 atom stereocenters. The molecule has 4 aromatic carbocycles. The number of amides is 3. The highest BCUT2D eigenvalue weighted by Crippen LogP contribution is 2.37. The van der Waals surface area contributed by atoms with E-state index in [0.29, 0.717) is 48.7 Å². The number of nitrogens with zero attached hydrogens (tertiary/aromatic N) is 2. The normalized spacial score (nSPS) is 15.3. The second-order valence-corrected chi connectivity index (χ2v) is 20.0. The molecular weight excluding hydrogens is 965 g/mol. The van der Waals surface area contributed by atoms with Crippen molar-refractivity contribution < 1.29 is 37.9 Å². The summed E-state index contributed by atoms with van der Waals surface area (Å²) in [5.41, 5.74) is 13.4. The van der Waals surface area contributed by atoms with Crippen molar-refractivity contribution >= 4 is 69.1 Å². The van der Waals surface area contributed by atoms with E-state index in [9.17, 15) is 14.4 Å². The molecule has 2 aliphatic heterocycles. The number of ether oxygens (including phenoxy) is 3. The minimum atomic E-state index is -0.750. The van der Waals surface area contributed by atoms with Gasteiger partial charge in [0.2, 0.25) is 11.8 Å². The zero-order valence-corrected chi connectivity index (χ0v) is 44.4. The number of aliphatic imine (C=N–C) groups is 1. The number of benzene rings is 4. The largest absolute Gasteiger partial charge is 0.498 e. The first-order chi connectivity index (χ1) is 33.6. The van der Waals surface area contributed by atoms with Crippen molar-refractivity contribution in [3.05, 3.63) is 136 Å². The summed E-state index contributed by atoms with van der Waals surface area (Å²) in [6.45, 7) is 18.2. The third-order valence-corrected chi connectivity index (χ3v) is 12.7. The zero-order chi connectivity index (χ0) is 51.9. The van der Waals surface area contributed by atoms with E-state index >= 15 is 0 Å². The van der Waals surface area contributed by atoms with Gasteiger partial charge < -0.3 is 45.2 Å². The van der Waals surface area contributed by atoms with Crippen LogP contribution < -0.4 is 36.6 Å². The Morgan fingerprint density at radius 3 is 1.87 bits per heavy atom. The Morgan fingerprint density at radius 1 is 0.803 bits per heavy atom. The molecule has 71 heavy (non-hydrogen) atoms. The van der Waals surface area contributed by atoms with Gasteiger partial charge in [0, 0.05) is 57.7 Å². The number of aromatic amines is 1. The Bertz CT molecular complexity index is 2620. The van der Waals surface area contributed by atoms with Crippen molar-refractivity contribution in [3.63, 3.8) is 0 Å². The van der Waals surface area contributed by atoms with Gasteiger partial charge in [0.1, 0.15) is 23.1 Å². The molecule has 17 heteroatoms. The van der Waals surface area contributed by atoms with Crippen LogP contribution in [-0.4, -0.2) is 90.6 Å². The molecule has 1 aromatic heterocycles. The quantitative estimate of drug-likeness (QED) is 0.0630. The van der Waals surface area contributed by atoms with Crippen molar-refractivity contribution in [2.24, 2.45) is 10.7 Å². The topological polar surface area (TPSA) is 201 Å². The molecule has 0 aliphatic carbocycles. The molecule has 1 saturated heterocycles. The molecule has 6 N–H and O–H groups in total. The Balaban J connectivity index is 0.000000207. The smallest absolute Gasteiger partial charge is 0.496 e. The van der Waals surface area contributed by atoms with Gasteiger partial charge in [0.15, 0.2) is 0 Å². The first kappa shape index (κ1) is 55.7. The van der Waals surface area contributed by atoms with Gasteiger partial charge in [-0.05, 0) is 139 Å². The number of anilines is 2. The van der Waals surface area contributed by atoms with E-state index in [4.69, 9.17) is 29.3 Å². The maximum atomic E-state index is 12.9. The van der Waals surface area contributed by atoms with E-state index in [1.165, 1.54) is 5.56 Å². The van der Waals surface area contributed by atoms with E-state index in [1.807, 2.05) is 120 Å². The molecule has 1 fully saturated rings. The molecule has 0 unspecified atom stereocenters. The van der Waals surface area contributed by atoms with E-state index in [1.54, 1.807) is 59.4 Å². The number of aryl methyl sites for hydroxylation is 3. The molecule has 378 valence electrons. The summed E-state index contributed by atoms with van der Waals surface area (Å²) in [5, 5.41) is 15.3. The SMILES string of the molecule is COc1cc(NC(=O)[C@@H](CCc2ccccc2)NC(=O)OC(C)(C)C)ccc1Br.COc1cc(NC(=O)[C@H](N)CCc2ccccc2)ccc1C1=CCN=C1C.Cc1[nH]ncc1B1OC(C)(C)C(C)(C)O1. The molecule has 2 aliphatic rings. The van der Waals surface area contributed by atoms with Crippen molar-refractivity contribution in [3.8, 4) is 11.5 Å².